The van der Waals surface area contributed by atoms with Crippen molar-refractivity contribution in [2.45, 2.75) is 44.2 Å². The van der Waals surface area contributed by atoms with E-state index < -0.39 is 30.4 Å². The van der Waals surface area contributed by atoms with Crippen molar-refractivity contribution in [3.63, 3.8) is 0 Å². The number of nitrogens with zero attached hydrogens (tertiary/aromatic N) is 3. The number of benzene rings is 1. The third kappa shape index (κ3) is 2.26. The summed E-state index contributed by atoms with van der Waals surface area (Å²) < 4.78 is 23.9. The number of ether oxygens (including phenoxy) is 4. The molecule has 0 amide bonds. The van der Waals surface area contributed by atoms with Crippen LogP contribution in [0.5, 0.6) is 0 Å². The Morgan fingerprint density at radius 1 is 1.30 bits per heavy atom. The molecule has 2 aromatic rings. The van der Waals surface area contributed by atoms with Gasteiger partial charge < -0.3 is 18.9 Å². The molecular formula is C15H17N3O5. The summed E-state index contributed by atoms with van der Waals surface area (Å²) in [4.78, 5) is 12.8. The fraction of sp³-hybridized carbons (Fsp3) is 0.533. The lowest BCUT2D eigenvalue weighted by molar-refractivity contribution is -0.210. The molecule has 0 N–H and O–H groups in total. The van der Waals surface area contributed by atoms with Gasteiger partial charge in [-0.1, -0.05) is 17.3 Å². The monoisotopic (exact) mass is 319 g/mol. The Morgan fingerprint density at radius 2 is 2.09 bits per heavy atom. The zero-order valence-corrected chi connectivity index (χ0v) is 13.0. The number of methoxy groups -OCH3 is 1. The smallest absolute Gasteiger partial charge is 0.280 e. The van der Waals surface area contributed by atoms with Crippen LogP contribution in [-0.4, -0.2) is 58.4 Å². The molecule has 2 aliphatic rings. The first kappa shape index (κ1) is 14.7. The molecule has 1 aromatic heterocycles. The second-order valence-corrected chi connectivity index (χ2v) is 6.05. The molecule has 0 bridgehead atoms. The summed E-state index contributed by atoms with van der Waals surface area (Å²) in [6.07, 6.45) is -2.54. The van der Waals surface area contributed by atoms with Crippen molar-refractivity contribution in [3.05, 3.63) is 24.3 Å². The molecular weight excluding hydrogens is 302 g/mol. The fourth-order valence-electron chi connectivity index (χ4n) is 3.09. The predicted octanol–water partition coefficient (Wildman–Crippen LogP) is 0.963. The van der Waals surface area contributed by atoms with Crippen molar-refractivity contribution in [2.24, 2.45) is 0 Å². The summed E-state index contributed by atoms with van der Waals surface area (Å²) in [5.41, 5.74) is 1.26. The third-order valence-corrected chi connectivity index (χ3v) is 4.07. The summed E-state index contributed by atoms with van der Waals surface area (Å²) in [7, 11) is 1.52. The number of para-hydroxylation sites is 1. The van der Waals surface area contributed by atoms with E-state index in [4.69, 9.17) is 18.9 Å². The Hall–Kier alpha value is -1.87. The van der Waals surface area contributed by atoms with E-state index in [2.05, 4.69) is 10.3 Å². The molecule has 2 aliphatic heterocycles. The van der Waals surface area contributed by atoms with Crippen LogP contribution in [-0.2, 0) is 18.9 Å². The van der Waals surface area contributed by atoms with Crippen molar-refractivity contribution in [3.8, 4) is 0 Å². The van der Waals surface area contributed by atoms with E-state index in [1.165, 1.54) is 11.8 Å². The Kier molecular flexibility index (Phi) is 3.24. The van der Waals surface area contributed by atoms with Crippen molar-refractivity contribution in [1.29, 1.82) is 0 Å². The van der Waals surface area contributed by atoms with Gasteiger partial charge in [-0.25, -0.2) is 0 Å². The van der Waals surface area contributed by atoms with E-state index in [1.54, 1.807) is 26.0 Å². The van der Waals surface area contributed by atoms with Gasteiger partial charge in [0.2, 0.25) is 0 Å². The van der Waals surface area contributed by atoms with E-state index in [-0.39, 0.29) is 5.91 Å². The standard InChI is InChI=1S/C15H17N3O5/c1-15(2)22-12-10(20-3)11(21-14(12)23-15)13(19)18-9-7-5-4-6-8(9)16-17-18/h4-7,10-12,14H,1-3H3. The van der Waals surface area contributed by atoms with Gasteiger partial charge in [0, 0.05) is 7.11 Å². The average Bonchev–Trinajstić information content (AvgIpc) is 3.15. The first-order chi connectivity index (χ1) is 11.0. The van der Waals surface area contributed by atoms with Crippen LogP contribution in [0.2, 0.25) is 0 Å². The minimum absolute atomic E-state index is 0.357. The van der Waals surface area contributed by atoms with Gasteiger partial charge >= 0.3 is 0 Å². The highest BCUT2D eigenvalue weighted by Gasteiger charge is 2.57. The summed E-state index contributed by atoms with van der Waals surface area (Å²) >= 11 is 0. The molecule has 0 aliphatic carbocycles. The topological polar surface area (TPSA) is 84.7 Å². The van der Waals surface area contributed by atoms with Crippen LogP contribution in [0.15, 0.2) is 24.3 Å². The number of carbonyl (C=O) groups is 1. The van der Waals surface area contributed by atoms with Crippen LogP contribution in [0.4, 0.5) is 0 Å². The largest absolute Gasteiger partial charge is 0.375 e. The number of hydrogen-bond donors (Lipinski definition) is 0. The fourth-order valence-corrected chi connectivity index (χ4v) is 3.09. The van der Waals surface area contributed by atoms with E-state index in [0.717, 1.165) is 0 Å². The van der Waals surface area contributed by atoms with Crippen LogP contribution < -0.4 is 0 Å². The second kappa shape index (κ2) is 5.07. The van der Waals surface area contributed by atoms with Gasteiger partial charge in [-0.05, 0) is 26.0 Å². The zero-order valence-electron chi connectivity index (χ0n) is 13.0. The molecule has 0 spiro atoms. The maximum atomic E-state index is 12.8. The predicted molar refractivity (Wildman–Crippen MR) is 77.6 cm³/mol. The third-order valence-electron chi connectivity index (χ3n) is 4.07. The minimum atomic E-state index is -0.865. The Morgan fingerprint density at radius 3 is 2.87 bits per heavy atom. The van der Waals surface area contributed by atoms with Gasteiger partial charge in [0.1, 0.15) is 17.7 Å². The number of hydrogen-bond acceptors (Lipinski definition) is 7. The van der Waals surface area contributed by atoms with Gasteiger partial charge in [0.05, 0.1) is 5.52 Å². The lowest BCUT2D eigenvalue weighted by Crippen LogP contribution is -2.42. The van der Waals surface area contributed by atoms with Crippen molar-refractivity contribution >= 4 is 16.9 Å². The highest BCUT2D eigenvalue weighted by Crippen LogP contribution is 2.39. The Bertz CT molecular complexity index is 758. The van der Waals surface area contributed by atoms with Gasteiger partial charge in [0.25, 0.3) is 5.91 Å². The molecule has 4 rings (SSSR count). The quantitative estimate of drug-likeness (QED) is 0.815. The molecule has 3 heterocycles. The zero-order chi connectivity index (χ0) is 16.2. The molecule has 8 heteroatoms. The second-order valence-electron chi connectivity index (χ2n) is 6.05. The number of rotatable bonds is 2. The molecule has 2 saturated heterocycles. The number of aromatic nitrogens is 3. The SMILES string of the molecule is COC1C(C(=O)n2nnc3ccccc32)OC2OC(C)(C)OC21. The Labute approximate surface area is 132 Å². The van der Waals surface area contributed by atoms with E-state index in [9.17, 15) is 4.79 Å². The maximum absolute atomic E-state index is 12.8. The Balaban J connectivity index is 1.64. The van der Waals surface area contributed by atoms with Crippen LogP contribution in [0.25, 0.3) is 11.0 Å². The van der Waals surface area contributed by atoms with Crippen LogP contribution in [0, 0.1) is 0 Å². The lowest BCUT2D eigenvalue weighted by Gasteiger charge is -2.23. The molecule has 4 atom stereocenters. The van der Waals surface area contributed by atoms with Crippen LogP contribution in [0.3, 0.4) is 0 Å². The highest BCUT2D eigenvalue weighted by molar-refractivity contribution is 5.92. The van der Waals surface area contributed by atoms with Crippen LogP contribution in [0.1, 0.15) is 18.6 Å². The molecule has 23 heavy (non-hydrogen) atoms. The van der Waals surface area contributed by atoms with Gasteiger partial charge in [-0.3, -0.25) is 4.79 Å². The maximum Gasteiger partial charge on any atom is 0.280 e. The van der Waals surface area contributed by atoms with Gasteiger partial charge in [-0.15, -0.1) is 5.10 Å². The van der Waals surface area contributed by atoms with Gasteiger partial charge in [0.15, 0.2) is 18.2 Å². The minimum Gasteiger partial charge on any atom is -0.375 e. The van der Waals surface area contributed by atoms with Gasteiger partial charge in [-0.2, -0.15) is 4.68 Å². The van der Waals surface area contributed by atoms with Crippen molar-refractivity contribution in [2.75, 3.05) is 7.11 Å². The van der Waals surface area contributed by atoms with Crippen molar-refractivity contribution < 1.29 is 23.7 Å². The number of carbonyl (C=O) groups excluding carboxylic acids is 1. The summed E-state index contributed by atoms with van der Waals surface area (Å²) in [5.74, 6) is -1.12. The molecule has 4 unspecified atom stereocenters. The molecule has 0 radical (unpaired) electrons. The van der Waals surface area contributed by atoms with E-state index in [0.29, 0.717) is 11.0 Å². The molecule has 8 nitrogen and oxygen atoms in total. The van der Waals surface area contributed by atoms with E-state index in [1.807, 2.05) is 12.1 Å². The van der Waals surface area contributed by atoms with Crippen LogP contribution >= 0.6 is 0 Å². The molecule has 122 valence electrons. The first-order valence-electron chi connectivity index (χ1n) is 7.39. The number of fused-ring (bicyclic) bond motifs is 2. The first-order valence-corrected chi connectivity index (χ1v) is 7.39. The normalized spacial score (nSPS) is 32.3. The summed E-state index contributed by atoms with van der Waals surface area (Å²) in [5, 5.41) is 7.92. The average molecular weight is 319 g/mol. The molecule has 1 aromatic carbocycles. The summed E-state index contributed by atoms with van der Waals surface area (Å²) in [6, 6.07) is 7.23. The molecule has 0 saturated carbocycles. The molecule has 2 fully saturated rings. The summed E-state index contributed by atoms with van der Waals surface area (Å²) in [6.45, 7) is 3.59. The van der Waals surface area contributed by atoms with Crippen molar-refractivity contribution in [1.82, 2.24) is 15.0 Å². The van der Waals surface area contributed by atoms with E-state index >= 15 is 0 Å². The lowest BCUT2D eigenvalue weighted by atomic mass is 10.1. The highest BCUT2D eigenvalue weighted by atomic mass is 16.8.